The van der Waals surface area contributed by atoms with Crippen molar-refractivity contribution in [2.24, 2.45) is 23.7 Å². The number of allylic oxidation sites excluding steroid dienone is 4. The molecule has 1 nitrogen and oxygen atoms in total. The summed E-state index contributed by atoms with van der Waals surface area (Å²) in [7, 11) is 0. The van der Waals surface area contributed by atoms with Gasteiger partial charge in [-0.15, -0.1) is 0 Å². The minimum Gasteiger partial charge on any atom is -0.303 e. The van der Waals surface area contributed by atoms with E-state index >= 15 is 0 Å². The summed E-state index contributed by atoms with van der Waals surface area (Å²) in [6.45, 7) is 5.64. The molecule has 0 aromatic carbocycles. The van der Waals surface area contributed by atoms with Crippen molar-refractivity contribution in [3.63, 3.8) is 0 Å². The third kappa shape index (κ3) is 3.84. The molecule has 0 aromatic rings. The molecule has 23 heavy (non-hydrogen) atoms. The van der Waals surface area contributed by atoms with Crippen LogP contribution < -0.4 is 0 Å². The second kappa shape index (κ2) is 7.00. The Kier molecular flexibility index (Phi) is 5.19. The van der Waals surface area contributed by atoms with Crippen molar-refractivity contribution in [1.29, 1.82) is 0 Å². The van der Waals surface area contributed by atoms with Crippen molar-refractivity contribution in [3.8, 4) is 0 Å². The van der Waals surface area contributed by atoms with E-state index in [0.717, 1.165) is 25.9 Å². The Hall–Kier alpha value is -0.770. The second-order valence-electron chi connectivity index (χ2n) is 7.55. The first-order chi connectivity index (χ1) is 11.0. The SMILES string of the molecule is CCCCN1C[C@H]2CCC[C@@H](C3C=C(C(F)(F)F)C=CC3)[C@@H]2C1. The molecule has 3 aliphatic rings. The Morgan fingerprint density at radius 3 is 2.74 bits per heavy atom. The van der Waals surface area contributed by atoms with E-state index in [1.165, 1.54) is 44.4 Å². The van der Waals surface area contributed by atoms with Gasteiger partial charge in [0.15, 0.2) is 0 Å². The number of nitrogens with zero attached hydrogens (tertiary/aromatic N) is 1. The molecular formula is C19H28F3N. The van der Waals surface area contributed by atoms with E-state index in [4.69, 9.17) is 0 Å². The molecule has 0 spiro atoms. The minimum atomic E-state index is -4.20. The van der Waals surface area contributed by atoms with Gasteiger partial charge in [0.25, 0.3) is 0 Å². The average molecular weight is 327 g/mol. The lowest BCUT2D eigenvalue weighted by molar-refractivity contribution is -0.0892. The minimum absolute atomic E-state index is 0.0792. The molecule has 0 radical (unpaired) electrons. The maximum atomic E-state index is 13.0. The number of alkyl halides is 3. The highest BCUT2D eigenvalue weighted by Gasteiger charge is 2.43. The largest absolute Gasteiger partial charge is 0.416 e. The lowest BCUT2D eigenvalue weighted by atomic mass is 9.67. The zero-order valence-electron chi connectivity index (χ0n) is 14.0. The van der Waals surface area contributed by atoms with Gasteiger partial charge >= 0.3 is 6.18 Å². The molecule has 0 amide bonds. The molecule has 1 aliphatic heterocycles. The summed E-state index contributed by atoms with van der Waals surface area (Å²) in [5, 5.41) is 0. The molecule has 2 aliphatic carbocycles. The molecule has 3 rings (SSSR count). The van der Waals surface area contributed by atoms with Gasteiger partial charge in [-0.3, -0.25) is 0 Å². The number of halogens is 3. The Balaban J connectivity index is 1.70. The zero-order chi connectivity index (χ0) is 16.4. The van der Waals surface area contributed by atoms with Gasteiger partial charge in [-0.25, -0.2) is 0 Å². The standard InChI is InChI=1S/C19H28F3N/c1-2-3-10-23-12-15-7-5-9-17(18(15)13-23)14-6-4-8-16(11-14)19(20,21)22/h4,8,11,14-15,17-18H,2-3,5-7,9-10,12-13H2,1H3/t14?,15-,17+,18-/m1/s1. The van der Waals surface area contributed by atoms with E-state index in [1.807, 2.05) is 0 Å². The van der Waals surface area contributed by atoms with Crippen molar-refractivity contribution >= 4 is 0 Å². The molecule has 4 atom stereocenters. The van der Waals surface area contributed by atoms with Crippen molar-refractivity contribution in [3.05, 3.63) is 23.8 Å². The van der Waals surface area contributed by atoms with Crippen LogP contribution in [0.1, 0.15) is 45.4 Å². The molecule has 1 saturated heterocycles. The van der Waals surface area contributed by atoms with Gasteiger partial charge < -0.3 is 4.90 Å². The van der Waals surface area contributed by atoms with Crippen molar-refractivity contribution < 1.29 is 13.2 Å². The first-order valence-corrected chi connectivity index (χ1v) is 9.17. The van der Waals surface area contributed by atoms with Crippen molar-refractivity contribution in [1.82, 2.24) is 4.90 Å². The van der Waals surface area contributed by atoms with Crippen LogP contribution >= 0.6 is 0 Å². The van der Waals surface area contributed by atoms with E-state index in [0.29, 0.717) is 17.8 Å². The fraction of sp³-hybridized carbons (Fsp3) is 0.789. The van der Waals surface area contributed by atoms with Gasteiger partial charge in [-0.2, -0.15) is 13.2 Å². The lowest BCUT2D eigenvalue weighted by Gasteiger charge is -2.38. The third-order valence-corrected chi connectivity index (χ3v) is 6.03. The molecule has 130 valence electrons. The molecule has 2 fully saturated rings. The Labute approximate surface area is 137 Å². The summed E-state index contributed by atoms with van der Waals surface area (Å²) >= 11 is 0. The smallest absolute Gasteiger partial charge is 0.303 e. The summed E-state index contributed by atoms with van der Waals surface area (Å²) in [5.74, 6) is 1.82. The quantitative estimate of drug-likeness (QED) is 0.686. The topological polar surface area (TPSA) is 3.24 Å². The van der Waals surface area contributed by atoms with Crippen LogP contribution in [0.3, 0.4) is 0 Å². The van der Waals surface area contributed by atoms with Crippen LogP contribution in [0.15, 0.2) is 23.8 Å². The highest BCUT2D eigenvalue weighted by atomic mass is 19.4. The van der Waals surface area contributed by atoms with Crippen LogP contribution in [-0.4, -0.2) is 30.7 Å². The first kappa shape index (κ1) is 17.1. The zero-order valence-corrected chi connectivity index (χ0v) is 14.0. The highest BCUT2D eigenvalue weighted by molar-refractivity contribution is 5.28. The highest BCUT2D eigenvalue weighted by Crippen LogP contribution is 2.46. The van der Waals surface area contributed by atoms with Gasteiger partial charge in [0.1, 0.15) is 0 Å². The summed E-state index contributed by atoms with van der Waals surface area (Å²) in [4.78, 5) is 2.56. The second-order valence-corrected chi connectivity index (χ2v) is 7.55. The van der Waals surface area contributed by atoms with Gasteiger partial charge in [0.2, 0.25) is 0 Å². The summed E-state index contributed by atoms with van der Waals surface area (Å²) in [6, 6.07) is 0. The van der Waals surface area contributed by atoms with Crippen LogP contribution in [0.5, 0.6) is 0 Å². The lowest BCUT2D eigenvalue weighted by Crippen LogP contribution is -2.33. The normalized spacial score (nSPS) is 35.2. The first-order valence-electron chi connectivity index (χ1n) is 9.17. The fourth-order valence-electron chi connectivity index (χ4n) is 4.90. The van der Waals surface area contributed by atoms with Gasteiger partial charge in [-0.05, 0) is 55.9 Å². The predicted octanol–water partition coefficient (Wildman–Crippen LogP) is 5.20. The van der Waals surface area contributed by atoms with Crippen LogP contribution in [0.4, 0.5) is 13.2 Å². The molecule has 0 N–H and O–H groups in total. The predicted molar refractivity (Wildman–Crippen MR) is 87.1 cm³/mol. The number of unbranched alkanes of at least 4 members (excludes halogenated alkanes) is 1. The van der Waals surface area contributed by atoms with E-state index in [-0.39, 0.29) is 5.92 Å². The third-order valence-electron chi connectivity index (χ3n) is 6.03. The molecule has 1 heterocycles. The van der Waals surface area contributed by atoms with Crippen LogP contribution in [-0.2, 0) is 0 Å². The van der Waals surface area contributed by atoms with Gasteiger partial charge in [-0.1, -0.05) is 38.0 Å². The number of hydrogen-bond acceptors (Lipinski definition) is 1. The van der Waals surface area contributed by atoms with E-state index in [9.17, 15) is 13.2 Å². The number of hydrogen-bond donors (Lipinski definition) is 0. The summed E-state index contributed by atoms with van der Waals surface area (Å²) in [6.07, 6.45) is 7.10. The fourth-order valence-corrected chi connectivity index (χ4v) is 4.90. The Morgan fingerprint density at radius 1 is 1.17 bits per heavy atom. The van der Waals surface area contributed by atoms with Crippen molar-refractivity contribution in [2.45, 2.75) is 51.6 Å². The molecule has 4 heteroatoms. The maximum absolute atomic E-state index is 13.0. The van der Waals surface area contributed by atoms with Gasteiger partial charge in [0.05, 0.1) is 5.57 Å². The molecule has 0 aromatic heterocycles. The Bertz CT molecular complexity index is 466. The van der Waals surface area contributed by atoms with E-state index in [2.05, 4.69) is 11.8 Å². The van der Waals surface area contributed by atoms with Crippen LogP contribution in [0.2, 0.25) is 0 Å². The molecule has 0 bridgehead atoms. The van der Waals surface area contributed by atoms with Crippen molar-refractivity contribution in [2.75, 3.05) is 19.6 Å². The monoisotopic (exact) mass is 327 g/mol. The van der Waals surface area contributed by atoms with E-state index in [1.54, 1.807) is 6.08 Å². The number of rotatable bonds is 4. The summed E-state index contributed by atoms with van der Waals surface area (Å²) in [5.41, 5.74) is -0.434. The van der Waals surface area contributed by atoms with Crippen LogP contribution in [0.25, 0.3) is 0 Å². The van der Waals surface area contributed by atoms with E-state index < -0.39 is 11.7 Å². The Morgan fingerprint density at radius 2 is 2.00 bits per heavy atom. The number of likely N-dealkylation sites (tertiary alicyclic amines) is 1. The van der Waals surface area contributed by atoms with Gasteiger partial charge in [0, 0.05) is 13.1 Å². The molecule has 1 saturated carbocycles. The van der Waals surface area contributed by atoms with Crippen LogP contribution in [0, 0.1) is 23.7 Å². The average Bonchev–Trinajstić information content (AvgIpc) is 2.95. The summed E-state index contributed by atoms with van der Waals surface area (Å²) < 4.78 is 39.1. The molecular weight excluding hydrogens is 299 g/mol. The maximum Gasteiger partial charge on any atom is 0.416 e. The number of fused-ring (bicyclic) bond motifs is 1. The molecule has 1 unspecified atom stereocenters.